The van der Waals surface area contributed by atoms with Crippen LogP contribution in [0.3, 0.4) is 0 Å². The molecule has 1 aliphatic heterocycles. The Morgan fingerprint density at radius 3 is 2.42 bits per heavy atom. The zero-order valence-corrected chi connectivity index (χ0v) is 13.7. The van der Waals surface area contributed by atoms with Gasteiger partial charge in [0.1, 0.15) is 24.4 Å². The van der Waals surface area contributed by atoms with Gasteiger partial charge in [0.2, 0.25) is 0 Å². The SMILES string of the molecule is CC(=O)OC(/C=C/C(O)C(O)[C@H]1CC=CC(=O)O1)[C@H](C)OC(C)=O. The molecule has 134 valence electrons. The quantitative estimate of drug-likeness (QED) is 0.377. The summed E-state index contributed by atoms with van der Waals surface area (Å²) >= 11 is 0. The third-order valence-corrected chi connectivity index (χ3v) is 3.24. The first kappa shape index (κ1) is 19.9. The third-order valence-electron chi connectivity index (χ3n) is 3.24. The molecule has 24 heavy (non-hydrogen) atoms. The van der Waals surface area contributed by atoms with Gasteiger partial charge in [0.05, 0.1) is 0 Å². The maximum absolute atomic E-state index is 11.2. The lowest BCUT2D eigenvalue weighted by molar-refractivity contribution is -0.160. The van der Waals surface area contributed by atoms with Crippen LogP contribution in [0.2, 0.25) is 0 Å². The van der Waals surface area contributed by atoms with Crippen molar-refractivity contribution < 1.29 is 38.8 Å². The molecule has 3 unspecified atom stereocenters. The smallest absolute Gasteiger partial charge is 0.330 e. The number of aliphatic hydroxyl groups is 2. The average Bonchev–Trinajstić information content (AvgIpc) is 2.49. The number of aliphatic hydroxyl groups excluding tert-OH is 2. The molecule has 1 rings (SSSR count). The number of rotatable bonds is 7. The molecule has 0 aromatic carbocycles. The summed E-state index contributed by atoms with van der Waals surface area (Å²) in [6, 6.07) is 0. The molecule has 1 heterocycles. The van der Waals surface area contributed by atoms with Crippen molar-refractivity contribution >= 4 is 17.9 Å². The maximum atomic E-state index is 11.2. The predicted octanol–water partition coefficient (Wildman–Crippen LogP) is 0.0194. The van der Waals surface area contributed by atoms with E-state index in [0.717, 1.165) is 0 Å². The van der Waals surface area contributed by atoms with E-state index >= 15 is 0 Å². The lowest BCUT2D eigenvalue weighted by atomic mass is 10.0. The van der Waals surface area contributed by atoms with Crippen LogP contribution in [0.25, 0.3) is 0 Å². The van der Waals surface area contributed by atoms with Crippen LogP contribution in [0.1, 0.15) is 27.2 Å². The second kappa shape index (κ2) is 9.19. The second-order valence-corrected chi connectivity index (χ2v) is 5.37. The van der Waals surface area contributed by atoms with Crippen molar-refractivity contribution in [2.75, 3.05) is 0 Å². The molecule has 0 aromatic rings. The van der Waals surface area contributed by atoms with Crippen molar-refractivity contribution in [1.82, 2.24) is 0 Å². The molecule has 0 saturated heterocycles. The van der Waals surface area contributed by atoms with Gasteiger partial charge in [0.15, 0.2) is 6.10 Å². The van der Waals surface area contributed by atoms with E-state index < -0.39 is 48.4 Å². The molecule has 0 bridgehead atoms. The van der Waals surface area contributed by atoms with Crippen LogP contribution in [0, 0.1) is 0 Å². The third kappa shape index (κ3) is 6.51. The normalized spacial score (nSPS) is 22.4. The lowest BCUT2D eigenvalue weighted by Gasteiger charge is -2.26. The first-order chi connectivity index (χ1) is 11.2. The minimum Gasteiger partial charge on any atom is -0.459 e. The van der Waals surface area contributed by atoms with Crippen LogP contribution in [-0.4, -0.2) is 58.6 Å². The van der Waals surface area contributed by atoms with E-state index in [1.54, 1.807) is 6.08 Å². The fraction of sp³-hybridized carbons (Fsp3) is 0.562. The number of cyclic esters (lactones) is 1. The average molecular weight is 342 g/mol. The zero-order valence-electron chi connectivity index (χ0n) is 13.7. The highest BCUT2D eigenvalue weighted by Crippen LogP contribution is 2.16. The number of hydrogen-bond acceptors (Lipinski definition) is 8. The van der Waals surface area contributed by atoms with Gasteiger partial charge in [-0.15, -0.1) is 0 Å². The van der Waals surface area contributed by atoms with Gasteiger partial charge in [0, 0.05) is 26.3 Å². The van der Waals surface area contributed by atoms with E-state index in [0.29, 0.717) is 0 Å². The molecule has 0 aromatic heterocycles. The standard InChI is InChI=1S/C16H22O8/c1-9(22-10(2)17)13(23-11(3)18)8-7-12(19)16(21)14-5-4-6-15(20)24-14/h4,6-9,12-14,16,19,21H,5H2,1-3H3/b8-7+/t9-,12?,13?,14+,16?/m0/s1. The van der Waals surface area contributed by atoms with Crippen molar-refractivity contribution in [3.8, 4) is 0 Å². The highest BCUT2D eigenvalue weighted by Gasteiger charge is 2.29. The molecule has 2 N–H and O–H groups in total. The summed E-state index contributed by atoms with van der Waals surface area (Å²) in [6.07, 6.45) is 0.269. The van der Waals surface area contributed by atoms with Crippen LogP contribution in [0.15, 0.2) is 24.3 Å². The van der Waals surface area contributed by atoms with Crippen LogP contribution < -0.4 is 0 Å². The number of esters is 3. The summed E-state index contributed by atoms with van der Waals surface area (Å²) in [6.45, 7) is 3.94. The molecular formula is C16H22O8. The molecule has 0 saturated carbocycles. The fourth-order valence-electron chi connectivity index (χ4n) is 2.11. The van der Waals surface area contributed by atoms with Gasteiger partial charge in [-0.1, -0.05) is 12.2 Å². The summed E-state index contributed by atoms with van der Waals surface area (Å²) in [5.41, 5.74) is 0. The summed E-state index contributed by atoms with van der Waals surface area (Å²) in [7, 11) is 0. The van der Waals surface area contributed by atoms with E-state index in [-0.39, 0.29) is 6.42 Å². The molecule has 0 amide bonds. The summed E-state index contributed by atoms with van der Waals surface area (Å²) < 4.78 is 14.9. The molecular weight excluding hydrogens is 320 g/mol. The predicted molar refractivity (Wildman–Crippen MR) is 81.6 cm³/mol. The summed E-state index contributed by atoms with van der Waals surface area (Å²) in [5, 5.41) is 20.0. The summed E-state index contributed by atoms with van der Waals surface area (Å²) in [4.78, 5) is 33.3. The minimum atomic E-state index is -1.36. The van der Waals surface area contributed by atoms with Gasteiger partial charge in [-0.2, -0.15) is 0 Å². The monoisotopic (exact) mass is 342 g/mol. The van der Waals surface area contributed by atoms with Crippen LogP contribution >= 0.6 is 0 Å². The highest BCUT2D eigenvalue weighted by atomic mass is 16.6. The van der Waals surface area contributed by atoms with E-state index in [4.69, 9.17) is 14.2 Å². The van der Waals surface area contributed by atoms with Gasteiger partial charge < -0.3 is 24.4 Å². The van der Waals surface area contributed by atoms with Gasteiger partial charge in [-0.3, -0.25) is 9.59 Å². The Balaban J connectivity index is 2.72. The topological polar surface area (TPSA) is 119 Å². The van der Waals surface area contributed by atoms with Gasteiger partial charge in [-0.25, -0.2) is 4.79 Å². The maximum Gasteiger partial charge on any atom is 0.330 e. The summed E-state index contributed by atoms with van der Waals surface area (Å²) in [5.74, 6) is -1.73. The van der Waals surface area contributed by atoms with E-state index in [1.807, 2.05) is 0 Å². The Hall–Kier alpha value is -2.19. The van der Waals surface area contributed by atoms with Crippen molar-refractivity contribution in [2.24, 2.45) is 0 Å². The first-order valence-corrected chi connectivity index (χ1v) is 7.46. The zero-order chi connectivity index (χ0) is 18.3. The van der Waals surface area contributed by atoms with Crippen molar-refractivity contribution in [1.29, 1.82) is 0 Å². The highest BCUT2D eigenvalue weighted by molar-refractivity contribution is 5.82. The van der Waals surface area contributed by atoms with Gasteiger partial charge in [0.25, 0.3) is 0 Å². The Kier molecular flexibility index (Phi) is 7.60. The van der Waals surface area contributed by atoms with E-state index in [2.05, 4.69) is 0 Å². The lowest BCUT2D eigenvalue weighted by Crippen LogP contribution is -2.40. The Labute approximate surface area is 139 Å². The molecule has 0 aliphatic carbocycles. The van der Waals surface area contributed by atoms with E-state index in [9.17, 15) is 24.6 Å². The van der Waals surface area contributed by atoms with Crippen molar-refractivity contribution in [3.63, 3.8) is 0 Å². The molecule has 5 atom stereocenters. The van der Waals surface area contributed by atoms with Gasteiger partial charge >= 0.3 is 17.9 Å². The molecule has 0 fully saturated rings. The number of hydrogen-bond donors (Lipinski definition) is 2. The van der Waals surface area contributed by atoms with Gasteiger partial charge in [-0.05, 0) is 13.0 Å². The molecule has 8 heteroatoms. The van der Waals surface area contributed by atoms with Crippen LogP contribution in [0.5, 0.6) is 0 Å². The Morgan fingerprint density at radius 1 is 1.25 bits per heavy atom. The molecule has 8 nitrogen and oxygen atoms in total. The Bertz CT molecular complexity index is 524. The second-order valence-electron chi connectivity index (χ2n) is 5.37. The fourth-order valence-corrected chi connectivity index (χ4v) is 2.11. The molecule has 0 spiro atoms. The van der Waals surface area contributed by atoms with E-state index in [1.165, 1.54) is 39.0 Å². The molecule has 0 radical (unpaired) electrons. The molecule has 1 aliphatic rings. The Morgan fingerprint density at radius 2 is 1.88 bits per heavy atom. The van der Waals surface area contributed by atoms with Crippen LogP contribution in [-0.2, 0) is 28.6 Å². The first-order valence-electron chi connectivity index (χ1n) is 7.46. The largest absolute Gasteiger partial charge is 0.459 e. The van der Waals surface area contributed by atoms with Crippen LogP contribution in [0.4, 0.5) is 0 Å². The van der Waals surface area contributed by atoms with Crippen molar-refractivity contribution in [3.05, 3.63) is 24.3 Å². The number of carbonyl (C=O) groups excluding carboxylic acids is 3. The van der Waals surface area contributed by atoms with Crippen molar-refractivity contribution in [2.45, 2.75) is 57.7 Å². The number of carbonyl (C=O) groups is 3. The minimum absolute atomic E-state index is 0.273. The number of ether oxygens (including phenoxy) is 3.